The Hall–Kier alpha value is -3.35. The number of rotatable bonds is 3. The number of ketones is 1. The lowest BCUT2D eigenvalue weighted by atomic mass is 9.91. The highest BCUT2D eigenvalue weighted by molar-refractivity contribution is 6.04. The number of nitrogens with one attached hydrogen (secondary N) is 1. The van der Waals surface area contributed by atoms with Gasteiger partial charge in [-0.3, -0.25) is 9.78 Å². The highest BCUT2D eigenvalue weighted by atomic mass is 19.1. The molecule has 0 fully saturated rings. The van der Waals surface area contributed by atoms with E-state index in [2.05, 4.69) is 15.3 Å². The highest BCUT2D eigenvalue weighted by Crippen LogP contribution is 2.36. The second kappa shape index (κ2) is 6.18. The maximum absolute atomic E-state index is 14.3. The summed E-state index contributed by atoms with van der Waals surface area (Å²) >= 11 is 0. The first-order valence-corrected chi connectivity index (χ1v) is 7.98. The van der Waals surface area contributed by atoms with Crippen LogP contribution in [-0.4, -0.2) is 22.3 Å². The van der Waals surface area contributed by atoms with Gasteiger partial charge in [-0.05, 0) is 24.3 Å². The number of benzene rings is 1. The van der Waals surface area contributed by atoms with Crippen LogP contribution in [0.2, 0.25) is 0 Å². The van der Waals surface area contributed by atoms with E-state index >= 15 is 0 Å². The molecule has 7 heteroatoms. The monoisotopic (exact) mass is 352 g/mol. The summed E-state index contributed by atoms with van der Waals surface area (Å²) in [6.45, 7) is 0.214. The molecule has 1 atom stereocenters. The SMILES string of the molecule is Nc1ccc(F)c(C(=O)C2CNc3ncc(-c4cccnc4)cc32)c1F. The topological polar surface area (TPSA) is 80.9 Å². The average molecular weight is 352 g/mol. The summed E-state index contributed by atoms with van der Waals surface area (Å²) in [6, 6.07) is 7.56. The summed E-state index contributed by atoms with van der Waals surface area (Å²) in [6.07, 6.45) is 5.00. The smallest absolute Gasteiger partial charge is 0.178 e. The molecule has 5 nitrogen and oxygen atoms in total. The van der Waals surface area contributed by atoms with Crippen molar-refractivity contribution in [3.05, 3.63) is 71.7 Å². The van der Waals surface area contributed by atoms with Gasteiger partial charge in [0.25, 0.3) is 0 Å². The molecule has 1 aliphatic heterocycles. The first-order chi connectivity index (χ1) is 12.6. The lowest BCUT2D eigenvalue weighted by Crippen LogP contribution is -2.18. The van der Waals surface area contributed by atoms with E-state index < -0.39 is 28.9 Å². The third-order valence-electron chi connectivity index (χ3n) is 4.44. The van der Waals surface area contributed by atoms with Crippen molar-refractivity contribution in [3.8, 4) is 11.1 Å². The summed E-state index contributed by atoms with van der Waals surface area (Å²) in [5.74, 6) is -2.84. The lowest BCUT2D eigenvalue weighted by molar-refractivity contribution is 0.0958. The Morgan fingerprint density at radius 3 is 2.81 bits per heavy atom. The van der Waals surface area contributed by atoms with Gasteiger partial charge in [-0.2, -0.15) is 0 Å². The van der Waals surface area contributed by atoms with E-state index in [0.717, 1.165) is 23.3 Å². The van der Waals surface area contributed by atoms with Crippen molar-refractivity contribution in [3.63, 3.8) is 0 Å². The number of nitrogens with two attached hydrogens (primary N) is 1. The molecular formula is C19H14F2N4O. The Balaban J connectivity index is 1.76. The second-order valence-electron chi connectivity index (χ2n) is 6.03. The zero-order valence-corrected chi connectivity index (χ0v) is 13.5. The summed E-state index contributed by atoms with van der Waals surface area (Å²) in [7, 11) is 0. The fourth-order valence-corrected chi connectivity index (χ4v) is 3.10. The fraction of sp³-hybridized carbons (Fsp3) is 0.105. The van der Waals surface area contributed by atoms with Gasteiger partial charge in [0, 0.05) is 41.8 Å². The van der Waals surface area contributed by atoms with E-state index in [1.54, 1.807) is 30.7 Å². The van der Waals surface area contributed by atoms with Gasteiger partial charge >= 0.3 is 0 Å². The quantitative estimate of drug-likeness (QED) is 0.558. The largest absolute Gasteiger partial charge is 0.396 e. The van der Waals surface area contributed by atoms with E-state index in [9.17, 15) is 13.6 Å². The number of halogens is 2. The van der Waals surface area contributed by atoms with Crippen molar-refractivity contribution in [2.24, 2.45) is 0 Å². The van der Waals surface area contributed by atoms with Crippen LogP contribution in [0.4, 0.5) is 20.3 Å². The van der Waals surface area contributed by atoms with Crippen LogP contribution in [0.25, 0.3) is 11.1 Å². The van der Waals surface area contributed by atoms with E-state index in [0.29, 0.717) is 11.4 Å². The summed E-state index contributed by atoms with van der Waals surface area (Å²) in [5, 5.41) is 3.01. The van der Waals surface area contributed by atoms with Gasteiger partial charge in [0.05, 0.1) is 17.2 Å². The molecule has 2 aromatic heterocycles. The minimum absolute atomic E-state index is 0.214. The first kappa shape index (κ1) is 16.1. The van der Waals surface area contributed by atoms with Crippen LogP contribution in [0.15, 0.2) is 48.9 Å². The molecule has 1 aliphatic rings. The van der Waals surface area contributed by atoms with Crippen molar-refractivity contribution in [2.75, 3.05) is 17.6 Å². The van der Waals surface area contributed by atoms with Crippen LogP contribution in [-0.2, 0) is 0 Å². The number of nitrogens with zero attached hydrogens (tertiary/aromatic N) is 2. The van der Waals surface area contributed by atoms with Crippen LogP contribution in [0.5, 0.6) is 0 Å². The summed E-state index contributed by atoms with van der Waals surface area (Å²) < 4.78 is 28.4. The highest BCUT2D eigenvalue weighted by Gasteiger charge is 2.34. The molecule has 0 bridgehead atoms. The lowest BCUT2D eigenvalue weighted by Gasteiger charge is -2.12. The molecule has 1 unspecified atom stereocenters. The Morgan fingerprint density at radius 1 is 1.19 bits per heavy atom. The van der Waals surface area contributed by atoms with Gasteiger partial charge in [-0.15, -0.1) is 0 Å². The van der Waals surface area contributed by atoms with Crippen LogP contribution in [0, 0.1) is 11.6 Å². The molecule has 0 aliphatic carbocycles. The van der Waals surface area contributed by atoms with Crippen molar-refractivity contribution in [2.45, 2.75) is 5.92 Å². The normalized spacial score (nSPS) is 15.4. The number of hydrogen-bond donors (Lipinski definition) is 2. The average Bonchev–Trinajstić information content (AvgIpc) is 3.09. The standard InChI is InChI=1S/C19H14F2N4O/c20-14-3-4-15(22)17(21)16(14)18(26)13-9-25-19-12(13)6-11(8-24-19)10-2-1-5-23-7-10/h1-8,13H,9,22H2,(H,24,25). The molecular weight excluding hydrogens is 338 g/mol. The number of fused-ring (bicyclic) bond motifs is 1. The molecule has 0 saturated carbocycles. The molecule has 4 rings (SSSR count). The molecule has 3 heterocycles. The predicted octanol–water partition coefficient (Wildman–Crippen LogP) is 3.40. The second-order valence-corrected chi connectivity index (χ2v) is 6.03. The molecule has 0 spiro atoms. The third kappa shape index (κ3) is 2.57. The number of anilines is 2. The Bertz CT molecular complexity index is 1010. The van der Waals surface area contributed by atoms with Crippen molar-refractivity contribution in [1.82, 2.24) is 9.97 Å². The number of pyridine rings is 2. The zero-order valence-electron chi connectivity index (χ0n) is 13.5. The minimum Gasteiger partial charge on any atom is -0.396 e. The van der Waals surface area contributed by atoms with E-state index in [1.165, 1.54) is 0 Å². The number of hydrogen-bond acceptors (Lipinski definition) is 5. The Kier molecular flexibility index (Phi) is 3.84. The summed E-state index contributed by atoms with van der Waals surface area (Å²) in [5.41, 5.74) is 6.82. The summed E-state index contributed by atoms with van der Waals surface area (Å²) in [4.78, 5) is 21.2. The van der Waals surface area contributed by atoms with Gasteiger partial charge in [0.15, 0.2) is 11.6 Å². The van der Waals surface area contributed by atoms with Crippen LogP contribution < -0.4 is 11.1 Å². The van der Waals surface area contributed by atoms with Gasteiger partial charge in [0.2, 0.25) is 0 Å². The Labute approximate surface area is 147 Å². The molecule has 3 aromatic rings. The van der Waals surface area contributed by atoms with Crippen LogP contribution >= 0.6 is 0 Å². The third-order valence-corrected chi connectivity index (χ3v) is 4.44. The molecule has 0 amide bonds. The number of Topliss-reactive ketones (excluding diaryl/α,β-unsaturated/α-hetero) is 1. The maximum atomic E-state index is 14.3. The molecule has 3 N–H and O–H groups in total. The number of nitrogen functional groups attached to an aromatic ring is 1. The minimum atomic E-state index is -1.03. The van der Waals surface area contributed by atoms with Crippen molar-refractivity contribution >= 4 is 17.3 Å². The Morgan fingerprint density at radius 2 is 2.04 bits per heavy atom. The van der Waals surface area contributed by atoms with Crippen LogP contribution in [0.3, 0.4) is 0 Å². The van der Waals surface area contributed by atoms with Gasteiger partial charge in [-0.1, -0.05) is 6.07 Å². The molecule has 0 radical (unpaired) electrons. The number of carbonyl (C=O) groups excluding carboxylic acids is 1. The number of carbonyl (C=O) groups is 1. The zero-order chi connectivity index (χ0) is 18.3. The van der Waals surface area contributed by atoms with Crippen LogP contribution in [0.1, 0.15) is 21.8 Å². The molecule has 0 saturated heterocycles. The number of aromatic nitrogens is 2. The fourth-order valence-electron chi connectivity index (χ4n) is 3.10. The maximum Gasteiger partial charge on any atom is 0.178 e. The molecule has 26 heavy (non-hydrogen) atoms. The molecule has 1 aromatic carbocycles. The van der Waals surface area contributed by atoms with Gasteiger partial charge in [0.1, 0.15) is 11.6 Å². The van der Waals surface area contributed by atoms with Gasteiger partial charge in [-0.25, -0.2) is 13.8 Å². The molecule has 130 valence electrons. The van der Waals surface area contributed by atoms with E-state index in [1.807, 2.05) is 6.07 Å². The van der Waals surface area contributed by atoms with Gasteiger partial charge < -0.3 is 11.1 Å². The van der Waals surface area contributed by atoms with E-state index in [-0.39, 0.29) is 12.2 Å². The first-order valence-electron chi connectivity index (χ1n) is 7.98. The van der Waals surface area contributed by atoms with Crippen molar-refractivity contribution < 1.29 is 13.6 Å². The predicted molar refractivity (Wildman–Crippen MR) is 93.8 cm³/mol. The van der Waals surface area contributed by atoms with Crippen molar-refractivity contribution in [1.29, 1.82) is 0 Å². The van der Waals surface area contributed by atoms with E-state index in [4.69, 9.17) is 5.73 Å².